The number of carbonyl (C=O) groups is 1. The normalized spacial score (nSPS) is 10.4. The predicted octanol–water partition coefficient (Wildman–Crippen LogP) is 6.58. The van der Waals surface area contributed by atoms with Crippen molar-refractivity contribution >= 4 is 28.8 Å². The van der Waals surface area contributed by atoms with Crippen LogP contribution in [0.1, 0.15) is 0 Å². The van der Waals surface area contributed by atoms with E-state index in [4.69, 9.17) is 4.74 Å². The van der Waals surface area contributed by atoms with E-state index < -0.39 is 6.09 Å². The highest BCUT2D eigenvalue weighted by molar-refractivity contribution is 5.96. The number of hydrogen-bond acceptors (Lipinski definition) is 5. The van der Waals surface area contributed by atoms with Crippen LogP contribution in [0.4, 0.5) is 27.5 Å². The zero-order valence-electron chi connectivity index (χ0n) is 20.3. The lowest BCUT2D eigenvalue weighted by molar-refractivity contribution is 0.215. The lowest BCUT2D eigenvalue weighted by atomic mass is 9.94. The Morgan fingerprint density at radius 1 is 0.771 bits per heavy atom. The van der Waals surface area contributed by atoms with Crippen LogP contribution in [0, 0.1) is 6.07 Å². The van der Waals surface area contributed by atoms with Gasteiger partial charge in [-0.05, 0) is 53.6 Å². The minimum Gasteiger partial charge on any atom is -0.409 e. The molecule has 4 aromatic rings. The number of para-hydroxylation sites is 1. The SMILES string of the molecule is CNc1ccc(-c2c[c]c(OC(=O)Nc3ccccc3)c(-c3ccc(NC)cc3)c2N(C)C)cc1. The second-order valence-electron chi connectivity index (χ2n) is 8.18. The van der Waals surface area contributed by atoms with E-state index in [9.17, 15) is 4.79 Å². The Kier molecular flexibility index (Phi) is 7.21. The molecule has 0 aliphatic carbocycles. The maximum atomic E-state index is 12.8. The van der Waals surface area contributed by atoms with E-state index in [0.29, 0.717) is 11.4 Å². The van der Waals surface area contributed by atoms with Crippen LogP contribution in [-0.2, 0) is 0 Å². The molecule has 0 saturated heterocycles. The Hall–Kier alpha value is -4.45. The molecule has 35 heavy (non-hydrogen) atoms. The van der Waals surface area contributed by atoms with Crippen molar-refractivity contribution in [3.8, 4) is 28.0 Å². The Labute approximate surface area is 206 Å². The molecule has 0 atom stereocenters. The molecule has 0 heterocycles. The minimum atomic E-state index is -0.573. The van der Waals surface area contributed by atoms with Crippen molar-refractivity contribution in [1.82, 2.24) is 0 Å². The third-order valence-electron chi connectivity index (χ3n) is 5.68. The van der Waals surface area contributed by atoms with Crippen molar-refractivity contribution in [2.45, 2.75) is 0 Å². The largest absolute Gasteiger partial charge is 0.417 e. The van der Waals surface area contributed by atoms with Gasteiger partial charge in [0.15, 0.2) is 5.75 Å². The highest BCUT2D eigenvalue weighted by Gasteiger charge is 2.21. The topological polar surface area (TPSA) is 65.6 Å². The van der Waals surface area contributed by atoms with Gasteiger partial charge in [-0.15, -0.1) is 0 Å². The molecule has 1 amide bonds. The van der Waals surface area contributed by atoms with E-state index in [-0.39, 0.29) is 0 Å². The number of anilines is 4. The molecule has 4 rings (SSSR count). The molecule has 0 spiro atoms. The summed E-state index contributed by atoms with van der Waals surface area (Å²) in [7, 11) is 7.75. The van der Waals surface area contributed by atoms with E-state index in [1.807, 2.05) is 106 Å². The predicted molar refractivity (Wildman–Crippen MR) is 146 cm³/mol. The van der Waals surface area contributed by atoms with Gasteiger partial charge in [0.2, 0.25) is 0 Å². The summed E-state index contributed by atoms with van der Waals surface area (Å²) in [5.74, 6) is 0.356. The molecule has 6 nitrogen and oxygen atoms in total. The lowest BCUT2D eigenvalue weighted by Gasteiger charge is -2.24. The van der Waals surface area contributed by atoms with Crippen LogP contribution in [-0.4, -0.2) is 34.3 Å². The summed E-state index contributed by atoms with van der Waals surface area (Å²) in [5.41, 5.74) is 7.35. The Morgan fingerprint density at radius 2 is 1.34 bits per heavy atom. The Bertz CT molecular complexity index is 1290. The molecule has 0 unspecified atom stereocenters. The second kappa shape index (κ2) is 10.7. The monoisotopic (exact) mass is 465 g/mol. The number of benzene rings is 4. The van der Waals surface area contributed by atoms with Crippen LogP contribution in [0.25, 0.3) is 22.3 Å². The molecule has 1 radical (unpaired) electrons. The fourth-order valence-electron chi connectivity index (χ4n) is 3.93. The van der Waals surface area contributed by atoms with Crippen LogP contribution in [0.2, 0.25) is 0 Å². The maximum absolute atomic E-state index is 12.8. The summed E-state index contributed by atoms with van der Waals surface area (Å²) < 4.78 is 5.82. The van der Waals surface area contributed by atoms with Crippen molar-refractivity contribution in [2.24, 2.45) is 0 Å². The van der Waals surface area contributed by atoms with Gasteiger partial charge in [0.05, 0.1) is 5.69 Å². The fourth-order valence-corrected chi connectivity index (χ4v) is 3.93. The van der Waals surface area contributed by atoms with Crippen molar-refractivity contribution in [2.75, 3.05) is 49.0 Å². The number of nitrogens with zero attached hydrogens (tertiary/aromatic N) is 1. The highest BCUT2D eigenvalue weighted by Crippen LogP contribution is 2.44. The van der Waals surface area contributed by atoms with E-state index in [0.717, 1.165) is 39.3 Å². The number of carbonyl (C=O) groups excluding carboxylic acids is 1. The first kappa shape index (κ1) is 23.7. The zero-order valence-corrected chi connectivity index (χ0v) is 20.3. The highest BCUT2D eigenvalue weighted by atomic mass is 16.6. The summed E-state index contributed by atoms with van der Waals surface area (Å²) in [4.78, 5) is 14.8. The molecule has 0 aliphatic heterocycles. The maximum Gasteiger partial charge on any atom is 0.417 e. The van der Waals surface area contributed by atoms with Gasteiger partial charge in [-0.3, -0.25) is 5.32 Å². The number of rotatable bonds is 7. The van der Waals surface area contributed by atoms with E-state index in [1.54, 1.807) is 0 Å². The van der Waals surface area contributed by atoms with Crippen LogP contribution in [0.3, 0.4) is 0 Å². The summed E-state index contributed by atoms with van der Waals surface area (Å²) >= 11 is 0. The van der Waals surface area contributed by atoms with Gasteiger partial charge < -0.3 is 20.3 Å². The fraction of sp³-hybridized carbons (Fsp3) is 0.138. The summed E-state index contributed by atoms with van der Waals surface area (Å²) in [5, 5.41) is 9.08. The van der Waals surface area contributed by atoms with Gasteiger partial charge in [0.25, 0.3) is 0 Å². The van der Waals surface area contributed by atoms with Crippen molar-refractivity contribution in [3.63, 3.8) is 0 Å². The van der Waals surface area contributed by atoms with Gasteiger partial charge in [0, 0.05) is 62.4 Å². The van der Waals surface area contributed by atoms with Gasteiger partial charge in [-0.25, -0.2) is 4.79 Å². The average molecular weight is 466 g/mol. The average Bonchev–Trinajstić information content (AvgIpc) is 2.89. The van der Waals surface area contributed by atoms with Crippen molar-refractivity contribution < 1.29 is 9.53 Å². The summed E-state index contributed by atoms with van der Waals surface area (Å²) in [6.07, 6.45) is -0.573. The molecule has 177 valence electrons. The first-order chi connectivity index (χ1) is 17.0. The van der Waals surface area contributed by atoms with Gasteiger partial charge in [-0.2, -0.15) is 0 Å². The molecular weight excluding hydrogens is 436 g/mol. The lowest BCUT2D eigenvalue weighted by Crippen LogP contribution is -2.18. The molecule has 6 heteroatoms. The first-order valence-corrected chi connectivity index (χ1v) is 11.4. The zero-order chi connectivity index (χ0) is 24.8. The van der Waals surface area contributed by atoms with Crippen molar-refractivity contribution in [3.05, 3.63) is 91.0 Å². The van der Waals surface area contributed by atoms with E-state index >= 15 is 0 Å². The summed E-state index contributed by atoms with van der Waals surface area (Å²) in [6, 6.07) is 30.6. The van der Waals surface area contributed by atoms with Gasteiger partial charge in [-0.1, -0.05) is 42.5 Å². The van der Waals surface area contributed by atoms with Crippen LogP contribution in [0.5, 0.6) is 5.75 Å². The summed E-state index contributed by atoms with van der Waals surface area (Å²) in [6.45, 7) is 0. The van der Waals surface area contributed by atoms with Gasteiger partial charge >= 0.3 is 6.09 Å². The standard InChI is InChI=1S/C29H29N4O2/c1-30-22-14-10-20(11-15-22)25-18-19-26(35-29(34)32-24-8-6-5-7-9-24)27(28(25)33(3)4)21-12-16-23(31-2)17-13-21/h5-18,30-31H,1-4H3,(H,32,34). The smallest absolute Gasteiger partial charge is 0.409 e. The number of nitrogens with one attached hydrogen (secondary N) is 3. The van der Waals surface area contributed by atoms with Crippen LogP contribution in [0.15, 0.2) is 84.9 Å². The quantitative estimate of drug-likeness (QED) is 0.288. The molecule has 0 bridgehead atoms. The third kappa shape index (κ3) is 5.38. The Balaban J connectivity index is 1.83. The molecule has 0 fully saturated rings. The number of amides is 1. The van der Waals surface area contributed by atoms with E-state index in [1.165, 1.54) is 0 Å². The number of ether oxygens (including phenoxy) is 1. The minimum absolute atomic E-state index is 0.356. The van der Waals surface area contributed by atoms with Crippen molar-refractivity contribution in [1.29, 1.82) is 0 Å². The number of hydrogen-bond donors (Lipinski definition) is 3. The molecule has 0 saturated carbocycles. The molecular formula is C29H29N4O2. The van der Waals surface area contributed by atoms with Crippen LogP contribution < -0.4 is 25.6 Å². The molecule has 4 aromatic carbocycles. The van der Waals surface area contributed by atoms with E-state index in [2.05, 4.69) is 34.1 Å². The molecule has 0 aliphatic rings. The first-order valence-electron chi connectivity index (χ1n) is 11.4. The van der Waals surface area contributed by atoms with Gasteiger partial charge in [0.1, 0.15) is 0 Å². The molecule has 3 N–H and O–H groups in total. The third-order valence-corrected chi connectivity index (χ3v) is 5.68. The van der Waals surface area contributed by atoms with Crippen LogP contribution >= 0.6 is 0 Å². The Morgan fingerprint density at radius 3 is 1.89 bits per heavy atom. The molecule has 0 aromatic heterocycles. The second-order valence-corrected chi connectivity index (χ2v) is 8.18.